The first-order valence-electron chi connectivity index (χ1n) is 5.64. The van der Waals surface area contributed by atoms with E-state index in [2.05, 4.69) is 32.7 Å². The van der Waals surface area contributed by atoms with Crippen LogP contribution in [-0.4, -0.2) is 34.2 Å². The molecule has 0 aliphatic heterocycles. The van der Waals surface area contributed by atoms with E-state index < -0.39 is 0 Å². The van der Waals surface area contributed by atoms with Gasteiger partial charge in [-0.15, -0.1) is 0 Å². The summed E-state index contributed by atoms with van der Waals surface area (Å²) in [7, 11) is 2.09. The molecule has 0 aliphatic carbocycles. The van der Waals surface area contributed by atoms with Crippen molar-refractivity contribution in [3.8, 4) is 11.5 Å². The molecule has 16 heavy (non-hydrogen) atoms. The molecule has 0 saturated carbocycles. The van der Waals surface area contributed by atoms with Gasteiger partial charge in [-0.05, 0) is 51.9 Å². The molecule has 1 aromatic carbocycles. The minimum atomic E-state index is -0.0615. The first-order chi connectivity index (χ1) is 7.41. The van der Waals surface area contributed by atoms with Gasteiger partial charge in [-0.2, -0.15) is 0 Å². The highest BCUT2D eigenvalue weighted by molar-refractivity contribution is 5.40. The third-order valence-electron chi connectivity index (χ3n) is 3.08. The maximum atomic E-state index is 9.40. The van der Waals surface area contributed by atoms with Gasteiger partial charge in [0.1, 0.15) is 0 Å². The lowest BCUT2D eigenvalue weighted by Crippen LogP contribution is -2.36. The molecule has 90 valence electrons. The summed E-state index contributed by atoms with van der Waals surface area (Å²) >= 11 is 0. The van der Waals surface area contributed by atoms with Gasteiger partial charge >= 0.3 is 0 Å². The Morgan fingerprint density at radius 3 is 2.25 bits per heavy atom. The number of phenolic OH excluding ortho intramolecular Hbond substituents is 2. The van der Waals surface area contributed by atoms with Crippen LogP contribution in [0.5, 0.6) is 11.5 Å². The monoisotopic (exact) mass is 223 g/mol. The number of likely N-dealkylation sites (N-methyl/N-ethyl adjacent to an activating group) is 1. The van der Waals surface area contributed by atoms with E-state index in [0.717, 1.165) is 12.0 Å². The van der Waals surface area contributed by atoms with Crippen molar-refractivity contribution in [2.24, 2.45) is 0 Å². The lowest BCUT2D eigenvalue weighted by molar-refractivity contribution is 0.207. The zero-order valence-electron chi connectivity index (χ0n) is 10.4. The Labute approximate surface area is 97.3 Å². The van der Waals surface area contributed by atoms with Crippen molar-refractivity contribution in [1.29, 1.82) is 0 Å². The van der Waals surface area contributed by atoms with Gasteiger partial charge in [-0.25, -0.2) is 0 Å². The Bertz CT molecular complexity index is 350. The van der Waals surface area contributed by atoms with Crippen LogP contribution >= 0.6 is 0 Å². The number of aromatic hydroxyl groups is 2. The quantitative estimate of drug-likeness (QED) is 0.770. The maximum Gasteiger partial charge on any atom is 0.157 e. The van der Waals surface area contributed by atoms with Crippen LogP contribution in [0.4, 0.5) is 0 Å². The predicted octanol–water partition coefficient (Wildman–Crippen LogP) is 2.37. The van der Waals surface area contributed by atoms with Gasteiger partial charge in [0.2, 0.25) is 0 Å². The average molecular weight is 223 g/mol. The van der Waals surface area contributed by atoms with E-state index in [9.17, 15) is 10.2 Å². The van der Waals surface area contributed by atoms with E-state index in [1.807, 2.05) is 6.07 Å². The van der Waals surface area contributed by atoms with Crippen LogP contribution in [0.25, 0.3) is 0 Å². The van der Waals surface area contributed by atoms with Crippen LogP contribution < -0.4 is 0 Å². The molecule has 3 heteroatoms. The number of nitrogens with zero attached hydrogens (tertiary/aromatic N) is 1. The van der Waals surface area contributed by atoms with Crippen LogP contribution in [0.1, 0.15) is 26.3 Å². The molecule has 0 fully saturated rings. The van der Waals surface area contributed by atoms with Crippen molar-refractivity contribution in [2.75, 3.05) is 7.05 Å². The number of rotatable bonds is 4. The maximum absolute atomic E-state index is 9.40. The predicted molar refractivity (Wildman–Crippen MR) is 65.8 cm³/mol. The van der Waals surface area contributed by atoms with E-state index in [4.69, 9.17) is 0 Å². The van der Waals surface area contributed by atoms with Crippen LogP contribution in [0.3, 0.4) is 0 Å². The lowest BCUT2D eigenvalue weighted by atomic mass is 10.0. The number of hydrogen-bond acceptors (Lipinski definition) is 3. The van der Waals surface area contributed by atoms with Gasteiger partial charge in [0.15, 0.2) is 11.5 Å². The highest BCUT2D eigenvalue weighted by atomic mass is 16.3. The molecule has 1 unspecified atom stereocenters. The Morgan fingerprint density at radius 2 is 1.75 bits per heavy atom. The van der Waals surface area contributed by atoms with Gasteiger partial charge in [0.05, 0.1) is 0 Å². The fourth-order valence-electron chi connectivity index (χ4n) is 1.69. The Kier molecular flexibility index (Phi) is 4.19. The molecule has 0 aromatic heterocycles. The Hall–Kier alpha value is -1.22. The van der Waals surface area contributed by atoms with Gasteiger partial charge < -0.3 is 15.1 Å². The summed E-state index contributed by atoms with van der Waals surface area (Å²) in [6.45, 7) is 6.47. The molecular formula is C13H21NO2. The van der Waals surface area contributed by atoms with Crippen molar-refractivity contribution >= 4 is 0 Å². The van der Waals surface area contributed by atoms with E-state index in [1.54, 1.807) is 6.07 Å². The van der Waals surface area contributed by atoms with Crippen molar-refractivity contribution in [2.45, 2.75) is 39.3 Å². The van der Waals surface area contributed by atoms with Crippen LogP contribution in [0, 0.1) is 0 Å². The third-order valence-corrected chi connectivity index (χ3v) is 3.08. The normalized spacial score (nSPS) is 13.4. The zero-order chi connectivity index (χ0) is 12.3. The summed E-state index contributed by atoms with van der Waals surface area (Å²) in [5.74, 6) is -0.106. The van der Waals surface area contributed by atoms with E-state index in [-0.39, 0.29) is 11.5 Å². The molecule has 0 saturated heterocycles. The summed E-state index contributed by atoms with van der Waals surface area (Å²) in [5.41, 5.74) is 1.04. The van der Waals surface area contributed by atoms with Crippen LogP contribution in [0.15, 0.2) is 18.2 Å². The van der Waals surface area contributed by atoms with E-state index in [0.29, 0.717) is 12.1 Å². The molecular weight excluding hydrogens is 202 g/mol. The molecule has 0 heterocycles. The van der Waals surface area contributed by atoms with Gasteiger partial charge in [0, 0.05) is 12.1 Å². The Morgan fingerprint density at radius 1 is 1.12 bits per heavy atom. The smallest absolute Gasteiger partial charge is 0.157 e. The fourth-order valence-corrected chi connectivity index (χ4v) is 1.69. The van der Waals surface area contributed by atoms with Crippen molar-refractivity contribution < 1.29 is 10.2 Å². The summed E-state index contributed by atoms with van der Waals surface area (Å²) < 4.78 is 0. The van der Waals surface area contributed by atoms with E-state index in [1.165, 1.54) is 6.07 Å². The lowest BCUT2D eigenvalue weighted by Gasteiger charge is -2.28. The summed E-state index contributed by atoms with van der Waals surface area (Å²) in [4.78, 5) is 2.28. The average Bonchev–Trinajstić information content (AvgIpc) is 2.22. The topological polar surface area (TPSA) is 43.7 Å². The minimum absolute atomic E-state index is 0.0445. The standard InChI is InChI=1S/C13H21NO2/c1-9(2)14(4)10(3)7-11-5-6-12(15)13(16)8-11/h5-6,8-10,15-16H,7H2,1-4H3. The molecule has 0 bridgehead atoms. The molecule has 0 radical (unpaired) electrons. The summed E-state index contributed by atoms with van der Waals surface area (Å²) in [6.07, 6.45) is 0.864. The van der Waals surface area contributed by atoms with Crippen molar-refractivity contribution in [1.82, 2.24) is 4.90 Å². The summed E-state index contributed by atoms with van der Waals surface area (Å²) in [6, 6.07) is 5.91. The molecule has 2 N–H and O–H groups in total. The molecule has 3 nitrogen and oxygen atoms in total. The fraction of sp³-hybridized carbons (Fsp3) is 0.538. The van der Waals surface area contributed by atoms with Crippen molar-refractivity contribution in [3.05, 3.63) is 23.8 Å². The second-order valence-corrected chi connectivity index (χ2v) is 4.64. The van der Waals surface area contributed by atoms with Crippen LogP contribution in [-0.2, 0) is 6.42 Å². The first-order valence-corrected chi connectivity index (χ1v) is 5.64. The molecule has 1 aromatic rings. The third kappa shape index (κ3) is 3.14. The molecule has 1 atom stereocenters. The zero-order valence-corrected chi connectivity index (χ0v) is 10.4. The first kappa shape index (κ1) is 12.8. The molecule has 0 aliphatic rings. The van der Waals surface area contributed by atoms with Crippen LogP contribution in [0.2, 0.25) is 0 Å². The van der Waals surface area contributed by atoms with E-state index >= 15 is 0 Å². The molecule has 1 rings (SSSR count). The molecule has 0 spiro atoms. The second kappa shape index (κ2) is 5.21. The second-order valence-electron chi connectivity index (χ2n) is 4.64. The Balaban J connectivity index is 2.69. The highest BCUT2D eigenvalue weighted by Crippen LogP contribution is 2.25. The number of phenols is 2. The van der Waals surface area contributed by atoms with Gasteiger partial charge in [0.25, 0.3) is 0 Å². The van der Waals surface area contributed by atoms with Gasteiger partial charge in [-0.1, -0.05) is 6.07 Å². The number of benzene rings is 1. The number of hydrogen-bond donors (Lipinski definition) is 2. The highest BCUT2D eigenvalue weighted by Gasteiger charge is 2.13. The van der Waals surface area contributed by atoms with Gasteiger partial charge in [-0.3, -0.25) is 0 Å². The minimum Gasteiger partial charge on any atom is -0.504 e. The SMILES string of the molecule is CC(C)N(C)C(C)Cc1ccc(O)c(O)c1. The van der Waals surface area contributed by atoms with Crippen molar-refractivity contribution in [3.63, 3.8) is 0 Å². The molecule has 0 amide bonds. The summed E-state index contributed by atoms with van der Waals surface area (Å²) in [5, 5.41) is 18.6. The largest absolute Gasteiger partial charge is 0.504 e.